The number of benzene rings is 2. The molecule has 3 aromatic rings. The number of anilines is 1. The van der Waals surface area contributed by atoms with Gasteiger partial charge in [-0.2, -0.15) is 0 Å². The Morgan fingerprint density at radius 1 is 1.23 bits per heavy atom. The highest BCUT2D eigenvalue weighted by atomic mass is 32.2. The lowest BCUT2D eigenvalue weighted by molar-refractivity contribution is 0.164. The van der Waals surface area contributed by atoms with E-state index in [1.807, 2.05) is 6.07 Å². The van der Waals surface area contributed by atoms with Crippen molar-refractivity contribution in [2.45, 2.75) is 44.1 Å². The van der Waals surface area contributed by atoms with Crippen LogP contribution in [0.5, 0.6) is 11.6 Å². The highest BCUT2D eigenvalue weighted by Gasteiger charge is 2.47. The van der Waals surface area contributed by atoms with Crippen LogP contribution in [-0.2, 0) is 21.5 Å². The minimum Gasteiger partial charge on any atom is -0.437 e. The lowest BCUT2D eigenvalue weighted by atomic mass is 9.58. The van der Waals surface area contributed by atoms with Crippen LogP contribution in [0, 0.1) is 6.92 Å². The molecule has 2 aromatic carbocycles. The number of pyridine rings is 1. The summed E-state index contributed by atoms with van der Waals surface area (Å²) in [4.78, 5) is 4.40. The highest BCUT2D eigenvalue weighted by Crippen LogP contribution is 2.53. The van der Waals surface area contributed by atoms with Crippen molar-refractivity contribution in [1.29, 1.82) is 0 Å². The van der Waals surface area contributed by atoms with Crippen molar-refractivity contribution in [2.24, 2.45) is 5.73 Å². The second kappa shape index (κ2) is 9.64. The van der Waals surface area contributed by atoms with E-state index in [4.69, 9.17) is 10.5 Å². The van der Waals surface area contributed by atoms with Crippen LogP contribution in [-0.4, -0.2) is 33.9 Å². The smallest absolute Gasteiger partial charge is 0.243 e. The molecule has 1 aromatic heterocycles. The third kappa shape index (κ3) is 4.81. The van der Waals surface area contributed by atoms with Crippen LogP contribution in [0.1, 0.15) is 47.6 Å². The molecule has 0 radical (unpaired) electrons. The Labute approximate surface area is 208 Å². The Balaban J connectivity index is 1.47. The van der Waals surface area contributed by atoms with E-state index >= 15 is 0 Å². The van der Waals surface area contributed by atoms with E-state index in [9.17, 15) is 4.21 Å². The van der Waals surface area contributed by atoms with Gasteiger partial charge in [-0.05, 0) is 79.6 Å². The van der Waals surface area contributed by atoms with Crippen molar-refractivity contribution in [3.05, 3.63) is 83.0 Å². The van der Waals surface area contributed by atoms with Crippen LogP contribution in [0.3, 0.4) is 0 Å². The maximum atomic E-state index is 12.7. The number of nitrogens with two attached hydrogens (primary N) is 1. The number of rotatable bonds is 8. The van der Waals surface area contributed by atoms with Crippen molar-refractivity contribution < 1.29 is 8.95 Å². The summed E-state index contributed by atoms with van der Waals surface area (Å²) >= 11 is 0. The van der Waals surface area contributed by atoms with Gasteiger partial charge in [-0.25, -0.2) is 9.19 Å². The summed E-state index contributed by atoms with van der Waals surface area (Å²) in [5.74, 6) is 5.15. The summed E-state index contributed by atoms with van der Waals surface area (Å²) in [5, 5.41) is 3.84. The van der Waals surface area contributed by atoms with Crippen molar-refractivity contribution in [2.75, 3.05) is 23.6 Å². The van der Waals surface area contributed by atoms with Crippen molar-refractivity contribution >= 4 is 21.3 Å². The molecule has 0 saturated heterocycles. The van der Waals surface area contributed by atoms with Gasteiger partial charge in [0.25, 0.3) is 0 Å². The van der Waals surface area contributed by atoms with Crippen LogP contribution < -0.4 is 20.5 Å². The summed E-state index contributed by atoms with van der Waals surface area (Å²) in [5.41, 5.74) is 11.6. The quantitative estimate of drug-likeness (QED) is 0.405. The zero-order chi connectivity index (χ0) is 24.5. The number of hydrogen-bond donors (Lipinski definition) is 3. The van der Waals surface area contributed by atoms with Gasteiger partial charge in [0.1, 0.15) is 11.4 Å². The first-order valence-corrected chi connectivity index (χ1v) is 14.2. The third-order valence-corrected chi connectivity index (χ3v) is 8.81. The van der Waals surface area contributed by atoms with Gasteiger partial charge in [-0.15, -0.1) is 0 Å². The Hall–Kier alpha value is -2.87. The number of aromatic nitrogens is 1. The van der Waals surface area contributed by atoms with Gasteiger partial charge in [-0.1, -0.05) is 42.3 Å². The second-order valence-electron chi connectivity index (χ2n) is 9.74. The van der Waals surface area contributed by atoms with Crippen LogP contribution in [0.15, 0.2) is 60.8 Å². The minimum atomic E-state index is -2.58. The fraction of sp³-hybridized carbons (Fsp3) is 0.357. The summed E-state index contributed by atoms with van der Waals surface area (Å²) in [6, 6.07) is 19.2. The molecular formula is C28H34N4O2S. The topological polar surface area (TPSA) is 89.3 Å². The first kappa shape index (κ1) is 23.9. The molecule has 1 aliphatic carbocycles. The lowest BCUT2D eigenvalue weighted by Gasteiger charge is -2.50. The molecule has 2 atom stereocenters. The molecule has 2 heterocycles. The van der Waals surface area contributed by atoms with Crippen molar-refractivity contribution in [3.63, 3.8) is 0 Å². The van der Waals surface area contributed by atoms with E-state index < -0.39 is 9.71 Å². The van der Waals surface area contributed by atoms with Gasteiger partial charge in [0.15, 0.2) is 0 Å². The zero-order valence-electron chi connectivity index (χ0n) is 20.3. The van der Waals surface area contributed by atoms with E-state index in [0.29, 0.717) is 17.3 Å². The average Bonchev–Trinajstić information content (AvgIpc) is 2.81. The molecular weight excluding hydrogens is 456 g/mol. The normalized spacial score (nSPS) is 20.2. The Bertz CT molecular complexity index is 1300. The van der Waals surface area contributed by atoms with E-state index in [2.05, 4.69) is 64.2 Å². The summed E-state index contributed by atoms with van der Waals surface area (Å²) in [7, 11) is -2.58. The summed E-state index contributed by atoms with van der Waals surface area (Å²) in [6.45, 7) is 3.39. The molecule has 1 saturated carbocycles. The summed E-state index contributed by atoms with van der Waals surface area (Å²) < 4.78 is 21.9. The van der Waals surface area contributed by atoms with Crippen LogP contribution in [0.2, 0.25) is 0 Å². The fourth-order valence-corrected chi connectivity index (χ4v) is 6.42. The molecule has 184 valence electrons. The molecule has 1 aliphatic heterocycles. The molecule has 0 amide bonds. The molecule has 1 fully saturated rings. The average molecular weight is 491 g/mol. The molecule has 0 spiro atoms. The van der Waals surface area contributed by atoms with Crippen molar-refractivity contribution in [3.8, 4) is 11.6 Å². The van der Waals surface area contributed by atoms with Gasteiger partial charge in [-0.3, -0.25) is 0 Å². The Kier molecular flexibility index (Phi) is 6.57. The lowest BCUT2D eigenvalue weighted by Crippen LogP contribution is -2.49. The number of nitrogens with one attached hydrogen (secondary N) is 2. The predicted octanol–water partition coefficient (Wildman–Crippen LogP) is 4.49. The predicted molar refractivity (Wildman–Crippen MR) is 145 cm³/mol. The second-order valence-corrected chi connectivity index (χ2v) is 12.0. The highest BCUT2D eigenvalue weighted by molar-refractivity contribution is 8.01. The first-order chi connectivity index (χ1) is 16.9. The van der Waals surface area contributed by atoms with Gasteiger partial charge in [0, 0.05) is 39.7 Å². The molecule has 6 nitrogen and oxygen atoms in total. The number of aryl methyl sites for hydroxylation is 1. The SMILES string of the molecule is C=S(=O)(CCN)Nc1cccnc1Oc1ccc2c(c1)C(C1(c3ccc(C)cc3)CCC1)NCC2. The van der Waals surface area contributed by atoms with Gasteiger partial charge in [0.05, 0.1) is 0 Å². The van der Waals surface area contributed by atoms with E-state index in [1.165, 1.54) is 41.5 Å². The molecule has 7 heteroatoms. The van der Waals surface area contributed by atoms with Gasteiger partial charge < -0.3 is 20.5 Å². The van der Waals surface area contributed by atoms with Crippen LogP contribution >= 0.6 is 0 Å². The zero-order valence-corrected chi connectivity index (χ0v) is 21.1. The third-order valence-electron chi connectivity index (χ3n) is 7.33. The Morgan fingerprint density at radius 3 is 2.74 bits per heavy atom. The standard InChI is InChI=1S/C28H34N4O2S/c1-20-6-9-22(10-7-20)28(13-4-14-28)26-24-19-23(11-8-21(24)12-17-30-26)34-27-25(5-3-16-31-27)32-35(2,33)18-15-29/h3,5-11,16,19,26,30H,2,4,12-15,17-18,29H2,1H3,(H,32,33). The van der Waals surface area contributed by atoms with Crippen molar-refractivity contribution in [1.82, 2.24) is 10.3 Å². The molecule has 5 rings (SSSR count). The molecule has 2 aliphatic rings. The Morgan fingerprint density at radius 2 is 2.03 bits per heavy atom. The molecule has 0 bridgehead atoms. The number of nitrogens with zero attached hydrogens (tertiary/aromatic N) is 1. The maximum absolute atomic E-state index is 12.7. The number of ether oxygens (including phenoxy) is 1. The first-order valence-electron chi connectivity index (χ1n) is 12.3. The van der Waals surface area contributed by atoms with Gasteiger partial charge >= 0.3 is 0 Å². The van der Waals surface area contributed by atoms with Gasteiger partial charge in [0.2, 0.25) is 5.88 Å². The fourth-order valence-electron chi connectivity index (χ4n) is 5.38. The maximum Gasteiger partial charge on any atom is 0.243 e. The molecule has 4 N–H and O–H groups in total. The minimum absolute atomic E-state index is 0.0980. The van der Waals surface area contributed by atoms with Crippen LogP contribution in [0.25, 0.3) is 0 Å². The largest absolute Gasteiger partial charge is 0.437 e. The van der Waals surface area contributed by atoms with E-state index in [0.717, 1.165) is 13.0 Å². The molecule has 35 heavy (non-hydrogen) atoms. The monoisotopic (exact) mass is 490 g/mol. The summed E-state index contributed by atoms with van der Waals surface area (Å²) in [6.07, 6.45) is 6.25. The van der Waals surface area contributed by atoms with E-state index in [-0.39, 0.29) is 23.8 Å². The number of hydrogen-bond acceptors (Lipinski definition) is 5. The van der Waals surface area contributed by atoms with Crippen LogP contribution in [0.4, 0.5) is 5.69 Å². The number of fused-ring (bicyclic) bond motifs is 1. The molecule has 2 unspecified atom stereocenters. The van der Waals surface area contributed by atoms with E-state index in [1.54, 1.807) is 18.3 Å².